The molecule has 4 heterocycles. The Kier molecular flexibility index (Phi) is 4.17. The minimum atomic E-state index is 0.0640. The van der Waals surface area contributed by atoms with Gasteiger partial charge in [0.15, 0.2) is 11.6 Å². The fourth-order valence-corrected chi connectivity index (χ4v) is 5.37. The average molecular weight is 379 g/mol. The molecule has 2 aromatic heterocycles. The number of hydrogen-bond acceptors (Lipinski definition) is 6. The van der Waals surface area contributed by atoms with Crippen LogP contribution in [-0.2, 0) is 0 Å². The summed E-state index contributed by atoms with van der Waals surface area (Å²) in [5.74, 6) is 1.67. The SMILES string of the molecule is CC(=O)c1cc(-c2nc([C@@H]3C[C@H](c4ccccc4)N4CCC[C@@H]34)no2)cs1. The molecule has 2 aliphatic rings. The maximum absolute atomic E-state index is 11.5. The third-order valence-electron chi connectivity index (χ3n) is 5.84. The summed E-state index contributed by atoms with van der Waals surface area (Å²) < 4.78 is 5.56. The minimum absolute atomic E-state index is 0.0640. The summed E-state index contributed by atoms with van der Waals surface area (Å²) >= 11 is 1.42. The third-order valence-corrected chi connectivity index (χ3v) is 6.87. The van der Waals surface area contributed by atoms with Crippen molar-refractivity contribution in [3.05, 3.63) is 58.0 Å². The van der Waals surface area contributed by atoms with Crippen molar-refractivity contribution in [3.8, 4) is 11.5 Å². The van der Waals surface area contributed by atoms with E-state index in [9.17, 15) is 4.79 Å². The molecular weight excluding hydrogens is 358 g/mol. The van der Waals surface area contributed by atoms with Crippen LogP contribution in [0.3, 0.4) is 0 Å². The maximum Gasteiger partial charge on any atom is 0.258 e. The molecule has 0 radical (unpaired) electrons. The normalized spacial score (nSPS) is 25.0. The number of nitrogens with zero attached hydrogens (tertiary/aromatic N) is 3. The van der Waals surface area contributed by atoms with Crippen molar-refractivity contribution in [1.82, 2.24) is 15.0 Å². The van der Waals surface area contributed by atoms with Gasteiger partial charge in [-0.3, -0.25) is 9.69 Å². The van der Waals surface area contributed by atoms with Gasteiger partial charge in [0, 0.05) is 23.4 Å². The maximum atomic E-state index is 11.5. The zero-order valence-electron chi connectivity index (χ0n) is 15.2. The van der Waals surface area contributed by atoms with E-state index in [0.29, 0.717) is 23.9 Å². The number of carbonyl (C=O) groups excluding carboxylic acids is 1. The number of rotatable bonds is 4. The molecule has 0 spiro atoms. The van der Waals surface area contributed by atoms with Crippen LogP contribution in [0.2, 0.25) is 0 Å². The first-order valence-corrected chi connectivity index (χ1v) is 10.3. The van der Waals surface area contributed by atoms with E-state index in [4.69, 9.17) is 9.51 Å². The Hall–Kier alpha value is -2.31. The molecule has 6 heteroatoms. The lowest BCUT2D eigenvalue weighted by Crippen LogP contribution is -2.27. The van der Waals surface area contributed by atoms with Gasteiger partial charge < -0.3 is 4.52 Å². The Morgan fingerprint density at radius 1 is 1.30 bits per heavy atom. The number of fused-ring (bicyclic) bond motifs is 1. The van der Waals surface area contributed by atoms with Crippen LogP contribution in [-0.4, -0.2) is 33.4 Å². The Labute approximate surface area is 162 Å². The van der Waals surface area contributed by atoms with Crippen molar-refractivity contribution in [3.63, 3.8) is 0 Å². The lowest BCUT2D eigenvalue weighted by Gasteiger charge is -2.24. The van der Waals surface area contributed by atoms with Gasteiger partial charge in [0.2, 0.25) is 0 Å². The Balaban J connectivity index is 1.43. The molecule has 0 saturated carbocycles. The molecule has 2 saturated heterocycles. The van der Waals surface area contributed by atoms with Crippen LogP contribution in [0.25, 0.3) is 11.5 Å². The lowest BCUT2D eigenvalue weighted by molar-refractivity contribution is 0.102. The van der Waals surface area contributed by atoms with Crippen LogP contribution in [0.5, 0.6) is 0 Å². The quantitative estimate of drug-likeness (QED) is 0.615. The number of benzene rings is 1. The number of aromatic nitrogens is 2. The molecule has 0 unspecified atom stereocenters. The van der Waals surface area contributed by atoms with Crippen molar-refractivity contribution in [2.75, 3.05) is 6.54 Å². The third kappa shape index (κ3) is 2.93. The predicted octanol–water partition coefficient (Wildman–Crippen LogP) is 4.69. The van der Waals surface area contributed by atoms with Crippen molar-refractivity contribution in [2.45, 2.75) is 44.2 Å². The average Bonchev–Trinajstić information content (AvgIpc) is 3.43. The van der Waals surface area contributed by atoms with Crippen molar-refractivity contribution in [2.24, 2.45) is 0 Å². The Morgan fingerprint density at radius 2 is 2.15 bits per heavy atom. The summed E-state index contributed by atoms with van der Waals surface area (Å²) in [5.41, 5.74) is 2.21. The smallest absolute Gasteiger partial charge is 0.258 e. The first-order chi connectivity index (χ1) is 13.2. The van der Waals surface area contributed by atoms with Gasteiger partial charge in [-0.15, -0.1) is 11.3 Å². The zero-order chi connectivity index (χ0) is 18.4. The zero-order valence-corrected chi connectivity index (χ0v) is 16.0. The molecule has 0 N–H and O–H groups in total. The van der Waals surface area contributed by atoms with E-state index >= 15 is 0 Å². The Bertz CT molecular complexity index is 965. The van der Waals surface area contributed by atoms with Crippen LogP contribution < -0.4 is 0 Å². The van der Waals surface area contributed by atoms with Gasteiger partial charge in [-0.05, 0) is 44.4 Å². The van der Waals surface area contributed by atoms with Crippen LogP contribution in [0, 0.1) is 0 Å². The van der Waals surface area contributed by atoms with Crippen LogP contribution >= 0.6 is 11.3 Å². The number of thiophene rings is 1. The Morgan fingerprint density at radius 3 is 2.93 bits per heavy atom. The molecule has 1 aromatic carbocycles. The van der Waals surface area contributed by atoms with Crippen molar-refractivity contribution in [1.29, 1.82) is 0 Å². The molecule has 0 aliphatic carbocycles. The monoisotopic (exact) mass is 379 g/mol. The standard InChI is InChI=1S/C21H21N3O2S/c1-13(25)19-10-15(12-27-19)21-22-20(23-26-21)16-11-18(14-6-3-2-4-7-14)24-9-5-8-17(16)24/h2-4,6-7,10,12,16-18H,5,8-9,11H2,1H3/t16-,17+,18-/m1/s1. The molecule has 5 nitrogen and oxygen atoms in total. The summed E-state index contributed by atoms with van der Waals surface area (Å²) in [4.78, 5) is 19.6. The van der Waals surface area contributed by atoms with Gasteiger partial charge in [0.05, 0.1) is 10.4 Å². The summed E-state index contributed by atoms with van der Waals surface area (Å²) in [6.45, 7) is 2.71. The van der Waals surface area contributed by atoms with E-state index in [1.807, 2.05) is 11.4 Å². The summed E-state index contributed by atoms with van der Waals surface area (Å²) in [6.07, 6.45) is 3.43. The molecule has 0 amide bonds. The van der Waals surface area contributed by atoms with Gasteiger partial charge in [-0.1, -0.05) is 35.5 Å². The van der Waals surface area contributed by atoms with Crippen LogP contribution in [0.1, 0.15) is 59.2 Å². The second kappa shape index (κ2) is 6.69. The van der Waals surface area contributed by atoms with E-state index in [2.05, 4.69) is 40.4 Å². The highest BCUT2D eigenvalue weighted by molar-refractivity contribution is 7.12. The van der Waals surface area contributed by atoms with E-state index in [1.54, 1.807) is 6.92 Å². The summed E-state index contributed by atoms with van der Waals surface area (Å²) in [7, 11) is 0. The number of ketones is 1. The second-order valence-corrected chi connectivity index (χ2v) is 8.34. The molecule has 2 fully saturated rings. The predicted molar refractivity (Wildman–Crippen MR) is 104 cm³/mol. The van der Waals surface area contributed by atoms with Gasteiger partial charge in [-0.2, -0.15) is 4.98 Å². The minimum Gasteiger partial charge on any atom is -0.334 e. The first-order valence-electron chi connectivity index (χ1n) is 9.45. The van der Waals surface area contributed by atoms with Crippen molar-refractivity contribution >= 4 is 17.1 Å². The van der Waals surface area contributed by atoms with E-state index in [-0.39, 0.29) is 5.78 Å². The topological polar surface area (TPSA) is 59.2 Å². The van der Waals surface area contributed by atoms with E-state index < -0.39 is 0 Å². The molecule has 138 valence electrons. The summed E-state index contributed by atoms with van der Waals surface area (Å²) in [5, 5.41) is 6.24. The molecule has 3 aromatic rings. The molecule has 0 bridgehead atoms. The van der Waals surface area contributed by atoms with Gasteiger partial charge >= 0.3 is 0 Å². The summed E-state index contributed by atoms with van der Waals surface area (Å²) in [6, 6.07) is 13.5. The van der Waals surface area contributed by atoms with Gasteiger partial charge in [-0.25, -0.2) is 0 Å². The fraction of sp³-hybridized carbons (Fsp3) is 0.381. The largest absolute Gasteiger partial charge is 0.334 e. The molecule has 2 aliphatic heterocycles. The van der Waals surface area contributed by atoms with E-state index in [1.165, 1.54) is 29.7 Å². The molecular formula is C21H21N3O2S. The number of Topliss-reactive ketones (excluding diaryl/α,β-unsaturated/α-hetero) is 1. The van der Waals surface area contributed by atoms with E-state index in [0.717, 1.165) is 29.2 Å². The highest BCUT2D eigenvalue weighted by Crippen LogP contribution is 2.48. The second-order valence-electron chi connectivity index (χ2n) is 7.43. The fourth-order valence-electron chi connectivity index (χ4n) is 4.58. The highest BCUT2D eigenvalue weighted by Gasteiger charge is 2.46. The van der Waals surface area contributed by atoms with Gasteiger partial charge in [0.25, 0.3) is 5.89 Å². The number of carbonyl (C=O) groups is 1. The van der Waals surface area contributed by atoms with Gasteiger partial charge in [0.1, 0.15) is 0 Å². The van der Waals surface area contributed by atoms with Crippen molar-refractivity contribution < 1.29 is 9.32 Å². The first kappa shape index (κ1) is 16.8. The molecule has 3 atom stereocenters. The highest BCUT2D eigenvalue weighted by atomic mass is 32.1. The van der Waals surface area contributed by atoms with Crippen LogP contribution in [0.15, 0.2) is 46.3 Å². The molecule has 5 rings (SSSR count). The van der Waals surface area contributed by atoms with Crippen LogP contribution in [0.4, 0.5) is 0 Å². The molecule has 27 heavy (non-hydrogen) atoms. The number of hydrogen-bond donors (Lipinski definition) is 0. The lowest BCUT2D eigenvalue weighted by atomic mass is 9.94.